The Labute approximate surface area is 124 Å². The van der Waals surface area contributed by atoms with E-state index in [0.29, 0.717) is 11.9 Å². The van der Waals surface area contributed by atoms with Gasteiger partial charge in [-0.1, -0.05) is 0 Å². The zero-order chi connectivity index (χ0) is 15.0. The van der Waals surface area contributed by atoms with E-state index in [4.69, 9.17) is 5.73 Å². The molecule has 1 saturated heterocycles. The Morgan fingerprint density at radius 3 is 2.71 bits per heavy atom. The summed E-state index contributed by atoms with van der Waals surface area (Å²) >= 11 is 0. The molecule has 0 aromatic carbocycles. The van der Waals surface area contributed by atoms with Crippen LogP contribution in [0.5, 0.6) is 0 Å². The first-order chi connectivity index (χ1) is 10.0. The Morgan fingerprint density at radius 1 is 1.29 bits per heavy atom. The van der Waals surface area contributed by atoms with Crippen molar-refractivity contribution in [1.29, 1.82) is 0 Å². The molecule has 0 bridgehead atoms. The fourth-order valence-corrected chi connectivity index (χ4v) is 2.95. The van der Waals surface area contributed by atoms with Crippen molar-refractivity contribution in [3.63, 3.8) is 0 Å². The van der Waals surface area contributed by atoms with Gasteiger partial charge in [0.05, 0.1) is 18.1 Å². The minimum absolute atomic E-state index is 0.514. The van der Waals surface area contributed by atoms with Crippen molar-refractivity contribution < 1.29 is 0 Å². The molecule has 3 heterocycles. The van der Waals surface area contributed by atoms with Crippen LogP contribution < -0.4 is 5.73 Å². The summed E-state index contributed by atoms with van der Waals surface area (Å²) in [4.78, 5) is 13.7. The van der Waals surface area contributed by atoms with Gasteiger partial charge in [-0.3, -0.25) is 9.58 Å². The normalized spacial score (nSPS) is 17.9. The predicted octanol–water partition coefficient (Wildman–Crippen LogP) is 0.472. The van der Waals surface area contributed by atoms with Crippen LogP contribution in [0, 0.1) is 0 Å². The van der Waals surface area contributed by atoms with Crippen LogP contribution in [0.1, 0.15) is 18.7 Å². The predicted molar refractivity (Wildman–Crippen MR) is 82.7 cm³/mol. The van der Waals surface area contributed by atoms with E-state index in [0.717, 1.165) is 36.5 Å². The lowest BCUT2D eigenvalue weighted by molar-refractivity contribution is 0.137. The van der Waals surface area contributed by atoms with Gasteiger partial charge >= 0.3 is 0 Å². The van der Waals surface area contributed by atoms with E-state index in [1.807, 2.05) is 7.05 Å². The van der Waals surface area contributed by atoms with Crippen LogP contribution in [-0.2, 0) is 13.6 Å². The van der Waals surface area contributed by atoms with Crippen molar-refractivity contribution in [1.82, 2.24) is 29.5 Å². The molecule has 7 nitrogen and oxygen atoms in total. The zero-order valence-electron chi connectivity index (χ0n) is 13.0. The molecular weight excluding hydrogens is 266 g/mol. The van der Waals surface area contributed by atoms with Crippen LogP contribution in [-0.4, -0.2) is 62.8 Å². The molecule has 0 aliphatic carbocycles. The molecule has 0 unspecified atom stereocenters. The smallest absolute Gasteiger partial charge is 0.163 e. The molecule has 0 saturated carbocycles. The Kier molecular flexibility index (Phi) is 3.77. The summed E-state index contributed by atoms with van der Waals surface area (Å²) in [6.45, 7) is 3.03. The molecule has 1 fully saturated rings. The number of piperidine rings is 1. The van der Waals surface area contributed by atoms with Gasteiger partial charge in [0.2, 0.25) is 0 Å². The molecule has 0 atom stereocenters. The molecule has 21 heavy (non-hydrogen) atoms. The largest absolute Gasteiger partial charge is 0.383 e. The summed E-state index contributed by atoms with van der Waals surface area (Å²) in [5.74, 6) is 1.28. The molecule has 2 aromatic rings. The van der Waals surface area contributed by atoms with E-state index in [2.05, 4.69) is 39.0 Å². The van der Waals surface area contributed by atoms with E-state index in [1.165, 1.54) is 12.8 Å². The summed E-state index contributed by atoms with van der Waals surface area (Å²) < 4.78 is 1.74. The second-order valence-corrected chi connectivity index (χ2v) is 5.98. The summed E-state index contributed by atoms with van der Waals surface area (Å²) in [6.07, 6.45) is 4.10. The van der Waals surface area contributed by atoms with Crippen molar-refractivity contribution in [2.45, 2.75) is 25.4 Å². The lowest BCUT2D eigenvalue weighted by Gasteiger charge is -2.34. The van der Waals surface area contributed by atoms with Gasteiger partial charge in [-0.15, -0.1) is 0 Å². The number of rotatable bonds is 3. The van der Waals surface area contributed by atoms with Crippen molar-refractivity contribution in [3.8, 4) is 0 Å². The Balaban J connectivity index is 1.76. The maximum Gasteiger partial charge on any atom is 0.163 e. The second-order valence-electron chi connectivity index (χ2n) is 5.98. The van der Waals surface area contributed by atoms with Gasteiger partial charge in [-0.25, -0.2) is 9.97 Å². The van der Waals surface area contributed by atoms with Gasteiger partial charge in [0.25, 0.3) is 0 Å². The van der Waals surface area contributed by atoms with Crippen molar-refractivity contribution in [3.05, 3.63) is 12.0 Å². The maximum atomic E-state index is 6.01. The third kappa shape index (κ3) is 2.84. The van der Waals surface area contributed by atoms with Crippen molar-refractivity contribution in [2.75, 3.05) is 32.9 Å². The van der Waals surface area contributed by atoms with E-state index in [-0.39, 0.29) is 0 Å². The molecule has 2 aromatic heterocycles. The van der Waals surface area contributed by atoms with Gasteiger partial charge in [0.15, 0.2) is 5.65 Å². The SMILES string of the molecule is CN1CCC(N(C)Cc2nc(N)c3cnn(C)c3n2)CC1. The third-order valence-electron chi connectivity index (χ3n) is 4.37. The number of anilines is 1. The standard InChI is InChI=1S/C14H23N7/c1-19-6-4-10(5-7-19)20(2)9-12-17-13(15)11-8-16-21(3)14(11)18-12/h8,10H,4-7,9H2,1-3H3,(H2,15,17,18). The summed E-state index contributed by atoms with van der Waals surface area (Å²) in [5, 5.41) is 5.01. The fraction of sp³-hybridized carbons (Fsp3) is 0.643. The van der Waals surface area contributed by atoms with Gasteiger partial charge in [0, 0.05) is 13.1 Å². The molecule has 0 radical (unpaired) electrons. The fourth-order valence-electron chi connectivity index (χ4n) is 2.95. The van der Waals surface area contributed by atoms with Crippen LogP contribution in [0.4, 0.5) is 5.82 Å². The first-order valence-corrected chi connectivity index (χ1v) is 7.37. The zero-order valence-corrected chi connectivity index (χ0v) is 13.0. The van der Waals surface area contributed by atoms with Gasteiger partial charge < -0.3 is 10.6 Å². The van der Waals surface area contributed by atoms with Gasteiger partial charge in [-0.05, 0) is 40.0 Å². The molecule has 0 spiro atoms. The topological polar surface area (TPSA) is 76.1 Å². The van der Waals surface area contributed by atoms with E-state index in [9.17, 15) is 0 Å². The quantitative estimate of drug-likeness (QED) is 0.885. The number of hydrogen-bond donors (Lipinski definition) is 1. The lowest BCUT2D eigenvalue weighted by atomic mass is 10.0. The number of nitrogen functional groups attached to an aromatic ring is 1. The first-order valence-electron chi connectivity index (χ1n) is 7.37. The number of aromatic nitrogens is 4. The van der Waals surface area contributed by atoms with Crippen molar-refractivity contribution >= 4 is 16.9 Å². The van der Waals surface area contributed by atoms with Crippen LogP contribution >= 0.6 is 0 Å². The Morgan fingerprint density at radius 2 is 2.00 bits per heavy atom. The van der Waals surface area contributed by atoms with Gasteiger partial charge in [-0.2, -0.15) is 5.10 Å². The number of nitrogens with zero attached hydrogens (tertiary/aromatic N) is 6. The number of likely N-dealkylation sites (tertiary alicyclic amines) is 1. The molecule has 3 rings (SSSR count). The van der Waals surface area contributed by atoms with E-state index >= 15 is 0 Å². The highest BCUT2D eigenvalue weighted by Gasteiger charge is 2.21. The maximum absolute atomic E-state index is 6.01. The molecule has 7 heteroatoms. The molecule has 1 aliphatic rings. The van der Waals surface area contributed by atoms with Crippen LogP contribution in [0.3, 0.4) is 0 Å². The van der Waals surface area contributed by atoms with Crippen LogP contribution in [0.25, 0.3) is 11.0 Å². The Hall–Kier alpha value is -1.73. The average Bonchev–Trinajstić information content (AvgIpc) is 2.82. The van der Waals surface area contributed by atoms with Crippen molar-refractivity contribution in [2.24, 2.45) is 7.05 Å². The Bertz CT molecular complexity index is 628. The van der Waals surface area contributed by atoms with E-state index < -0.39 is 0 Å². The molecular formula is C14H23N7. The highest BCUT2D eigenvalue weighted by atomic mass is 15.3. The summed E-state index contributed by atoms with van der Waals surface area (Å²) in [5.41, 5.74) is 6.81. The highest BCUT2D eigenvalue weighted by Crippen LogP contribution is 2.19. The molecule has 2 N–H and O–H groups in total. The van der Waals surface area contributed by atoms with E-state index in [1.54, 1.807) is 10.9 Å². The average molecular weight is 289 g/mol. The molecule has 114 valence electrons. The number of nitrogens with two attached hydrogens (primary N) is 1. The summed E-state index contributed by atoms with van der Waals surface area (Å²) in [7, 11) is 6.19. The number of hydrogen-bond acceptors (Lipinski definition) is 6. The summed E-state index contributed by atoms with van der Waals surface area (Å²) in [6, 6.07) is 0.591. The minimum Gasteiger partial charge on any atom is -0.383 e. The molecule has 0 amide bonds. The molecule has 1 aliphatic heterocycles. The number of fused-ring (bicyclic) bond motifs is 1. The number of aryl methyl sites for hydroxylation is 1. The highest BCUT2D eigenvalue weighted by molar-refractivity contribution is 5.84. The first kappa shape index (κ1) is 14.2. The van der Waals surface area contributed by atoms with Crippen LogP contribution in [0.15, 0.2) is 6.20 Å². The third-order valence-corrected chi connectivity index (χ3v) is 4.37. The monoisotopic (exact) mass is 289 g/mol. The second kappa shape index (κ2) is 5.57. The lowest BCUT2D eigenvalue weighted by Crippen LogP contribution is -2.41. The minimum atomic E-state index is 0.514. The van der Waals surface area contributed by atoms with Crippen LogP contribution in [0.2, 0.25) is 0 Å². The van der Waals surface area contributed by atoms with Gasteiger partial charge in [0.1, 0.15) is 11.6 Å².